The summed E-state index contributed by atoms with van der Waals surface area (Å²) in [5, 5.41) is 21.2. The normalized spacial score (nSPS) is 15.8. The van der Waals surface area contributed by atoms with Crippen LogP contribution in [0.3, 0.4) is 0 Å². The lowest BCUT2D eigenvalue weighted by Crippen LogP contribution is -2.32. The Bertz CT molecular complexity index is 988. The third kappa shape index (κ3) is 7.13. The Labute approximate surface area is 194 Å². The second kappa shape index (κ2) is 11.6. The van der Waals surface area contributed by atoms with Gasteiger partial charge in [-0.25, -0.2) is 9.48 Å². The van der Waals surface area contributed by atoms with Gasteiger partial charge in [0.1, 0.15) is 12.7 Å². The van der Waals surface area contributed by atoms with Crippen molar-refractivity contribution >= 4 is 6.09 Å². The Balaban J connectivity index is 1.15. The van der Waals surface area contributed by atoms with Crippen LogP contribution in [0.5, 0.6) is 0 Å². The lowest BCUT2D eigenvalue weighted by molar-refractivity contribution is 0.0561. The number of nitrogens with one attached hydrogen (secondary N) is 1. The van der Waals surface area contributed by atoms with Crippen molar-refractivity contribution in [1.82, 2.24) is 25.2 Å². The van der Waals surface area contributed by atoms with Crippen LogP contribution < -0.4 is 5.32 Å². The van der Waals surface area contributed by atoms with E-state index in [4.69, 9.17) is 4.74 Å². The summed E-state index contributed by atoms with van der Waals surface area (Å²) in [7, 11) is 0. The maximum absolute atomic E-state index is 11.8. The number of hydrogen-bond donors (Lipinski definition) is 2. The SMILES string of the molecule is O=C(NCc1ccccc1)OCC(O)Cn1cc(CN2CCC(c3ccccc3)CC2)nn1. The fourth-order valence-electron chi connectivity index (χ4n) is 4.14. The van der Waals surface area contributed by atoms with Crippen molar-refractivity contribution in [3.63, 3.8) is 0 Å². The standard InChI is InChI=1S/C25H31N5O3/c31-24(19-33-25(32)26-15-20-7-3-1-4-8-20)18-30-17-23(27-28-30)16-29-13-11-22(12-14-29)21-9-5-2-6-10-21/h1-10,17,22,24,31H,11-16,18-19H2,(H,26,32). The van der Waals surface area contributed by atoms with Crippen LogP contribution in [0.4, 0.5) is 4.79 Å². The van der Waals surface area contributed by atoms with Crippen LogP contribution in [0.25, 0.3) is 0 Å². The summed E-state index contributed by atoms with van der Waals surface area (Å²) in [4.78, 5) is 14.2. The molecule has 1 aliphatic heterocycles. The average molecular weight is 450 g/mol. The zero-order valence-corrected chi connectivity index (χ0v) is 18.7. The quantitative estimate of drug-likeness (QED) is 0.522. The van der Waals surface area contributed by atoms with Crippen molar-refractivity contribution in [2.45, 2.75) is 44.5 Å². The number of carbonyl (C=O) groups excluding carboxylic acids is 1. The molecule has 0 radical (unpaired) electrons. The molecule has 2 N–H and O–H groups in total. The number of rotatable bonds is 9. The summed E-state index contributed by atoms with van der Waals surface area (Å²) in [6, 6.07) is 20.3. The molecule has 1 saturated heterocycles. The van der Waals surface area contributed by atoms with Crippen molar-refractivity contribution in [2.75, 3.05) is 19.7 Å². The third-order valence-electron chi connectivity index (χ3n) is 5.91. The molecule has 1 aromatic heterocycles. The fourth-order valence-corrected chi connectivity index (χ4v) is 4.14. The summed E-state index contributed by atoms with van der Waals surface area (Å²) in [6.45, 7) is 3.29. The highest BCUT2D eigenvalue weighted by Gasteiger charge is 2.21. The van der Waals surface area contributed by atoms with E-state index in [1.54, 1.807) is 4.68 Å². The molecular weight excluding hydrogens is 418 g/mol. The van der Waals surface area contributed by atoms with Gasteiger partial charge in [-0.2, -0.15) is 0 Å². The van der Waals surface area contributed by atoms with Crippen LogP contribution >= 0.6 is 0 Å². The number of alkyl carbamates (subject to hydrolysis) is 1. The lowest BCUT2D eigenvalue weighted by Gasteiger charge is -2.31. The predicted octanol–water partition coefficient (Wildman–Crippen LogP) is 2.95. The molecule has 0 bridgehead atoms. The molecule has 8 nitrogen and oxygen atoms in total. The summed E-state index contributed by atoms with van der Waals surface area (Å²) in [6.07, 6.45) is 2.71. The van der Waals surface area contributed by atoms with E-state index in [0.29, 0.717) is 12.5 Å². The minimum Gasteiger partial charge on any atom is -0.447 e. The van der Waals surface area contributed by atoms with Gasteiger partial charge in [-0.3, -0.25) is 4.90 Å². The van der Waals surface area contributed by atoms with E-state index < -0.39 is 12.2 Å². The van der Waals surface area contributed by atoms with Gasteiger partial charge in [0.05, 0.1) is 12.2 Å². The molecule has 1 atom stereocenters. The Hall–Kier alpha value is -3.23. The van der Waals surface area contributed by atoms with Crippen molar-refractivity contribution in [1.29, 1.82) is 0 Å². The van der Waals surface area contributed by atoms with Gasteiger partial charge in [0.2, 0.25) is 0 Å². The first-order chi connectivity index (χ1) is 16.2. The first-order valence-electron chi connectivity index (χ1n) is 11.4. The number of ether oxygens (including phenoxy) is 1. The molecule has 8 heteroatoms. The van der Waals surface area contributed by atoms with Crippen LogP contribution in [0.2, 0.25) is 0 Å². The molecule has 1 aliphatic rings. The first kappa shape index (κ1) is 22.9. The van der Waals surface area contributed by atoms with E-state index in [2.05, 4.69) is 50.9 Å². The largest absolute Gasteiger partial charge is 0.447 e. The monoisotopic (exact) mass is 449 g/mol. The van der Waals surface area contributed by atoms with Crippen LogP contribution in [0.1, 0.15) is 35.6 Å². The Kier molecular flexibility index (Phi) is 8.05. The van der Waals surface area contributed by atoms with E-state index in [9.17, 15) is 9.90 Å². The highest BCUT2D eigenvalue weighted by Crippen LogP contribution is 2.28. The minimum atomic E-state index is -0.858. The van der Waals surface area contributed by atoms with Gasteiger partial charge >= 0.3 is 6.09 Å². The second-order valence-electron chi connectivity index (χ2n) is 8.48. The maximum atomic E-state index is 11.8. The molecule has 4 rings (SSSR count). The molecule has 174 valence electrons. The number of aliphatic hydroxyl groups is 1. The molecule has 1 unspecified atom stereocenters. The number of piperidine rings is 1. The molecule has 2 aromatic carbocycles. The van der Waals surface area contributed by atoms with Gasteiger partial charge in [-0.05, 0) is 43.0 Å². The van der Waals surface area contributed by atoms with Gasteiger partial charge < -0.3 is 15.2 Å². The molecular formula is C25H31N5O3. The van der Waals surface area contributed by atoms with Crippen molar-refractivity contribution < 1.29 is 14.6 Å². The van der Waals surface area contributed by atoms with E-state index >= 15 is 0 Å². The molecule has 2 heterocycles. The van der Waals surface area contributed by atoms with Gasteiger partial charge in [-0.1, -0.05) is 65.9 Å². The average Bonchev–Trinajstić information content (AvgIpc) is 3.29. The second-order valence-corrected chi connectivity index (χ2v) is 8.48. The van der Waals surface area contributed by atoms with Crippen LogP contribution in [0, 0.1) is 0 Å². The van der Waals surface area contributed by atoms with Crippen LogP contribution in [-0.4, -0.2) is 56.9 Å². The Morgan fingerprint density at radius 1 is 1.09 bits per heavy atom. The Morgan fingerprint density at radius 3 is 2.52 bits per heavy atom. The number of hydrogen-bond acceptors (Lipinski definition) is 6. The summed E-state index contributed by atoms with van der Waals surface area (Å²) >= 11 is 0. The number of carbonyl (C=O) groups is 1. The van der Waals surface area contributed by atoms with Crippen molar-refractivity contribution in [2.24, 2.45) is 0 Å². The van der Waals surface area contributed by atoms with Gasteiger partial charge in [0, 0.05) is 19.3 Å². The van der Waals surface area contributed by atoms with Crippen molar-refractivity contribution in [3.8, 4) is 0 Å². The Morgan fingerprint density at radius 2 is 1.79 bits per heavy atom. The van der Waals surface area contributed by atoms with E-state index in [0.717, 1.165) is 43.7 Å². The fraction of sp³-hybridized carbons (Fsp3) is 0.400. The molecule has 0 spiro atoms. The number of nitrogens with zero attached hydrogens (tertiary/aromatic N) is 4. The topological polar surface area (TPSA) is 92.5 Å². The lowest BCUT2D eigenvalue weighted by atomic mass is 9.89. The first-order valence-corrected chi connectivity index (χ1v) is 11.4. The molecule has 0 aliphatic carbocycles. The molecule has 1 fully saturated rings. The zero-order valence-electron chi connectivity index (χ0n) is 18.7. The molecule has 3 aromatic rings. The van der Waals surface area contributed by atoms with Crippen LogP contribution in [-0.2, 0) is 24.4 Å². The molecule has 0 saturated carbocycles. The van der Waals surface area contributed by atoms with Gasteiger partial charge in [-0.15, -0.1) is 5.10 Å². The van der Waals surface area contributed by atoms with Gasteiger partial charge in [0.15, 0.2) is 0 Å². The van der Waals surface area contributed by atoms with E-state index in [-0.39, 0.29) is 13.2 Å². The van der Waals surface area contributed by atoms with E-state index in [1.165, 1.54) is 5.56 Å². The van der Waals surface area contributed by atoms with E-state index in [1.807, 2.05) is 36.5 Å². The number of benzene rings is 2. The summed E-state index contributed by atoms with van der Waals surface area (Å²) in [5.41, 5.74) is 3.28. The van der Waals surface area contributed by atoms with Gasteiger partial charge in [0.25, 0.3) is 0 Å². The number of likely N-dealkylation sites (tertiary alicyclic amines) is 1. The summed E-state index contributed by atoms with van der Waals surface area (Å²) in [5.74, 6) is 0.623. The number of aliphatic hydroxyl groups excluding tert-OH is 1. The van der Waals surface area contributed by atoms with Crippen molar-refractivity contribution in [3.05, 3.63) is 83.7 Å². The van der Waals surface area contributed by atoms with Crippen LogP contribution in [0.15, 0.2) is 66.9 Å². The highest BCUT2D eigenvalue weighted by molar-refractivity contribution is 5.67. The zero-order chi connectivity index (χ0) is 22.9. The minimum absolute atomic E-state index is 0.108. The molecule has 1 amide bonds. The third-order valence-corrected chi connectivity index (χ3v) is 5.91. The molecule has 33 heavy (non-hydrogen) atoms. The number of amides is 1. The summed E-state index contributed by atoms with van der Waals surface area (Å²) < 4.78 is 6.70. The number of aromatic nitrogens is 3. The smallest absolute Gasteiger partial charge is 0.407 e. The predicted molar refractivity (Wildman–Crippen MR) is 124 cm³/mol. The maximum Gasteiger partial charge on any atom is 0.407 e. The highest BCUT2D eigenvalue weighted by atomic mass is 16.6.